The molecule has 0 aliphatic heterocycles. The fraction of sp³-hybridized carbons (Fsp3) is 0.0667. The summed E-state index contributed by atoms with van der Waals surface area (Å²) in [4.78, 5) is 22.5. The van der Waals surface area contributed by atoms with E-state index in [-0.39, 0.29) is 27.6 Å². The van der Waals surface area contributed by atoms with Gasteiger partial charge in [0.1, 0.15) is 5.82 Å². The number of thiocarbonyl (C=S) groups is 1. The monoisotopic (exact) mass is 333 g/mol. The molecule has 2 N–H and O–H groups in total. The summed E-state index contributed by atoms with van der Waals surface area (Å²) >= 11 is 4.96. The summed E-state index contributed by atoms with van der Waals surface area (Å²) < 4.78 is 13.5. The summed E-state index contributed by atoms with van der Waals surface area (Å²) in [5.74, 6) is -1.13. The lowest BCUT2D eigenvalue weighted by Crippen LogP contribution is -2.34. The second-order valence-corrected chi connectivity index (χ2v) is 5.00. The van der Waals surface area contributed by atoms with Gasteiger partial charge in [-0.15, -0.1) is 0 Å². The highest BCUT2D eigenvalue weighted by molar-refractivity contribution is 7.80. The molecule has 2 rings (SSSR count). The third kappa shape index (κ3) is 3.86. The quantitative estimate of drug-likeness (QED) is 0.512. The van der Waals surface area contributed by atoms with Crippen LogP contribution in [0.4, 0.5) is 15.8 Å². The lowest BCUT2D eigenvalue weighted by atomic mass is 10.1. The standard InChI is InChI=1S/C15H12FN3O3S/c1-9-10(5-4-8-13(9)19(21)22)14(20)18-15(23)17-12-7-3-2-6-11(12)16/h2-8H,1H3,(H2,17,18,20,23). The largest absolute Gasteiger partial charge is 0.330 e. The molecular formula is C15H12FN3O3S. The van der Waals surface area contributed by atoms with Gasteiger partial charge in [0.25, 0.3) is 11.6 Å². The van der Waals surface area contributed by atoms with Crippen LogP contribution in [0.5, 0.6) is 0 Å². The smallest absolute Gasteiger partial charge is 0.273 e. The van der Waals surface area contributed by atoms with Gasteiger partial charge < -0.3 is 5.32 Å². The van der Waals surface area contributed by atoms with Crippen molar-refractivity contribution in [2.75, 3.05) is 5.32 Å². The predicted octanol–water partition coefficient (Wildman–Crippen LogP) is 3.17. The van der Waals surface area contributed by atoms with Crippen LogP contribution in [0.2, 0.25) is 0 Å². The van der Waals surface area contributed by atoms with Crippen LogP contribution in [0, 0.1) is 22.9 Å². The molecule has 0 aromatic heterocycles. The molecule has 0 spiro atoms. The van der Waals surface area contributed by atoms with Gasteiger partial charge in [0.15, 0.2) is 5.11 Å². The number of nitrogens with zero attached hydrogens (tertiary/aromatic N) is 1. The fourth-order valence-electron chi connectivity index (χ4n) is 1.95. The van der Waals surface area contributed by atoms with Crippen molar-refractivity contribution < 1.29 is 14.1 Å². The second-order valence-electron chi connectivity index (χ2n) is 4.59. The normalized spacial score (nSPS) is 10.0. The number of hydrogen-bond donors (Lipinski definition) is 2. The van der Waals surface area contributed by atoms with Crippen molar-refractivity contribution in [1.29, 1.82) is 0 Å². The van der Waals surface area contributed by atoms with Crippen LogP contribution in [0.25, 0.3) is 0 Å². The first kappa shape index (κ1) is 16.5. The minimum absolute atomic E-state index is 0.106. The number of hydrogen-bond acceptors (Lipinski definition) is 4. The van der Waals surface area contributed by atoms with Gasteiger partial charge in [-0.1, -0.05) is 18.2 Å². The lowest BCUT2D eigenvalue weighted by molar-refractivity contribution is -0.385. The van der Waals surface area contributed by atoms with Gasteiger partial charge in [-0.3, -0.25) is 20.2 Å². The van der Waals surface area contributed by atoms with Crippen LogP contribution in [-0.2, 0) is 0 Å². The highest BCUT2D eigenvalue weighted by atomic mass is 32.1. The number of amides is 1. The van der Waals surface area contributed by atoms with Crippen molar-refractivity contribution in [1.82, 2.24) is 5.32 Å². The van der Waals surface area contributed by atoms with Gasteiger partial charge >= 0.3 is 0 Å². The van der Waals surface area contributed by atoms with E-state index in [9.17, 15) is 19.3 Å². The molecule has 2 aromatic carbocycles. The number of carbonyl (C=O) groups excluding carboxylic acids is 1. The first-order chi connectivity index (χ1) is 10.9. The summed E-state index contributed by atoms with van der Waals surface area (Å²) in [5, 5.41) is 15.7. The Morgan fingerprint density at radius 3 is 2.57 bits per heavy atom. The Hall–Kier alpha value is -2.87. The fourth-order valence-corrected chi connectivity index (χ4v) is 2.16. The molecule has 0 bridgehead atoms. The third-order valence-corrected chi connectivity index (χ3v) is 3.30. The van der Waals surface area contributed by atoms with Crippen LogP contribution in [0.1, 0.15) is 15.9 Å². The molecule has 0 atom stereocenters. The van der Waals surface area contributed by atoms with Crippen LogP contribution < -0.4 is 10.6 Å². The molecule has 2 aromatic rings. The van der Waals surface area contributed by atoms with E-state index < -0.39 is 16.6 Å². The van der Waals surface area contributed by atoms with Gasteiger partial charge in [0, 0.05) is 17.2 Å². The van der Waals surface area contributed by atoms with Crippen molar-refractivity contribution >= 4 is 34.6 Å². The van der Waals surface area contributed by atoms with Gasteiger partial charge in [0.05, 0.1) is 10.6 Å². The van der Waals surface area contributed by atoms with E-state index >= 15 is 0 Å². The molecule has 0 saturated heterocycles. The molecule has 0 radical (unpaired) electrons. The molecule has 118 valence electrons. The average Bonchev–Trinajstić information content (AvgIpc) is 2.49. The predicted molar refractivity (Wildman–Crippen MR) is 87.9 cm³/mol. The topological polar surface area (TPSA) is 84.3 Å². The number of nitrogens with one attached hydrogen (secondary N) is 2. The molecule has 0 aliphatic carbocycles. The first-order valence-corrected chi connectivity index (χ1v) is 6.92. The highest BCUT2D eigenvalue weighted by Gasteiger charge is 2.18. The summed E-state index contributed by atoms with van der Waals surface area (Å²) in [7, 11) is 0. The average molecular weight is 333 g/mol. The number of carbonyl (C=O) groups is 1. The molecule has 6 nitrogen and oxygen atoms in total. The number of nitro groups is 1. The molecular weight excluding hydrogens is 321 g/mol. The SMILES string of the molecule is Cc1c(C(=O)NC(=S)Nc2ccccc2F)cccc1[N+](=O)[O-]. The Bertz CT molecular complexity index is 795. The minimum atomic E-state index is -0.611. The molecule has 0 unspecified atom stereocenters. The van der Waals surface area contributed by atoms with E-state index in [1.807, 2.05) is 0 Å². The zero-order valence-electron chi connectivity index (χ0n) is 12.0. The number of para-hydroxylation sites is 1. The zero-order valence-corrected chi connectivity index (χ0v) is 12.8. The minimum Gasteiger partial charge on any atom is -0.330 e. The van der Waals surface area contributed by atoms with Crippen molar-refractivity contribution in [3.63, 3.8) is 0 Å². The van der Waals surface area contributed by atoms with E-state index in [0.29, 0.717) is 0 Å². The Kier molecular flexibility index (Phi) is 4.97. The maximum absolute atomic E-state index is 13.5. The summed E-state index contributed by atoms with van der Waals surface area (Å²) in [6.45, 7) is 1.47. The number of anilines is 1. The Morgan fingerprint density at radius 2 is 1.91 bits per heavy atom. The van der Waals surface area contributed by atoms with E-state index in [4.69, 9.17) is 12.2 Å². The number of nitro benzene ring substituents is 1. The highest BCUT2D eigenvalue weighted by Crippen LogP contribution is 2.21. The van der Waals surface area contributed by atoms with E-state index in [0.717, 1.165) is 0 Å². The van der Waals surface area contributed by atoms with Gasteiger partial charge in [-0.2, -0.15) is 0 Å². The van der Waals surface area contributed by atoms with Gasteiger partial charge in [0.2, 0.25) is 0 Å². The van der Waals surface area contributed by atoms with Crippen LogP contribution in [-0.4, -0.2) is 15.9 Å². The van der Waals surface area contributed by atoms with E-state index in [1.165, 1.54) is 43.3 Å². The summed E-state index contributed by atoms with van der Waals surface area (Å²) in [5.41, 5.74) is 0.305. The number of benzene rings is 2. The Morgan fingerprint density at radius 1 is 1.22 bits per heavy atom. The van der Waals surface area contributed by atoms with Crippen molar-refractivity contribution in [3.8, 4) is 0 Å². The Balaban J connectivity index is 2.13. The maximum Gasteiger partial charge on any atom is 0.273 e. The summed E-state index contributed by atoms with van der Waals surface area (Å²) in [6.07, 6.45) is 0. The molecule has 0 fully saturated rings. The number of halogens is 1. The molecule has 0 heterocycles. The zero-order chi connectivity index (χ0) is 17.0. The van der Waals surface area contributed by atoms with Crippen LogP contribution in [0.15, 0.2) is 42.5 Å². The maximum atomic E-state index is 13.5. The lowest BCUT2D eigenvalue weighted by Gasteiger charge is -2.11. The van der Waals surface area contributed by atoms with Gasteiger partial charge in [-0.05, 0) is 37.3 Å². The molecule has 0 aliphatic rings. The molecule has 0 saturated carbocycles. The first-order valence-electron chi connectivity index (χ1n) is 6.51. The Labute approximate surface area is 136 Å². The number of rotatable bonds is 3. The molecule has 1 amide bonds. The third-order valence-electron chi connectivity index (χ3n) is 3.10. The van der Waals surface area contributed by atoms with E-state index in [1.54, 1.807) is 6.07 Å². The molecule has 8 heteroatoms. The molecule has 23 heavy (non-hydrogen) atoms. The second kappa shape index (κ2) is 6.93. The summed E-state index contributed by atoms with van der Waals surface area (Å²) in [6, 6.07) is 10.0. The van der Waals surface area contributed by atoms with Crippen molar-refractivity contribution in [2.45, 2.75) is 6.92 Å². The van der Waals surface area contributed by atoms with Gasteiger partial charge in [-0.25, -0.2) is 4.39 Å². The van der Waals surface area contributed by atoms with Crippen LogP contribution in [0.3, 0.4) is 0 Å². The van der Waals surface area contributed by atoms with E-state index in [2.05, 4.69) is 10.6 Å². The van der Waals surface area contributed by atoms with Crippen molar-refractivity contribution in [2.24, 2.45) is 0 Å². The van der Waals surface area contributed by atoms with Crippen LogP contribution >= 0.6 is 12.2 Å². The van der Waals surface area contributed by atoms with Crippen molar-refractivity contribution in [3.05, 3.63) is 69.5 Å².